The molecule has 0 saturated heterocycles. The number of hydrogen-bond donors (Lipinski definition) is 2. The number of carboxylic acids is 1. The predicted molar refractivity (Wildman–Crippen MR) is 69.5 cm³/mol. The topological polar surface area (TPSA) is 104 Å². The van der Waals surface area contributed by atoms with Crippen LogP contribution in [0.3, 0.4) is 0 Å². The lowest BCUT2D eigenvalue weighted by molar-refractivity contribution is -0.134. The van der Waals surface area contributed by atoms with Crippen molar-refractivity contribution in [3.63, 3.8) is 0 Å². The molecule has 0 fully saturated rings. The summed E-state index contributed by atoms with van der Waals surface area (Å²) in [4.78, 5) is 23.4. The molecule has 0 bridgehead atoms. The first-order valence-corrected chi connectivity index (χ1v) is 6.90. The zero-order chi connectivity index (χ0) is 14.6. The smallest absolute Gasteiger partial charge is 0.320 e. The van der Waals surface area contributed by atoms with E-state index in [9.17, 15) is 18.0 Å². The van der Waals surface area contributed by atoms with E-state index in [1.54, 1.807) is 14.1 Å². The molecular formula is C11H14N2O5S. The zero-order valence-corrected chi connectivity index (χ0v) is 11.3. The molecule has 0 unspecified atom stereocenters. The molecule has 2 N–H and O–H groups in total. The normalized spacial score (nSPS) is 10.8. The van der Waals surface area contributed by atoms with E-state index in [0.29, 0.717) is 5.56 Å². The Bertz CT molecular complexity index is 595. The van der Waals surface area contributed by atoms with Gasteiger partial charge in [0, 0.05) is 25.3 Å². The summed E-state index contributed by atoms with van der Waals surface area (Å²) in [5, 5.41) is 8.46. The highest BCUT2D eigenvalue weighted by Gasteiger charge is 2.16. The standard InChI is InChI=1S/C11H14N2O5S/c1-13(2)11(16)8-4-3-5-9(6-8)12-19(17,18)7-10(14)15/h3-6,12H,7H2,1-2H3,(H,14,15). The van der Waals surface area contributed by atoms with Gasteiger partial charge >= 0.3 is 5.97 Å². The minimum Gasteiger partial charge on any atom is -0.480 e. The second kappa shape index (κ2) is 5.70. The fraction of sp³-hybridized carbons (Fsp3) is 0.273. The Morgan fingerprint density at radius 3 is 2.47 bits per heavy atom. The first-order chi connectivity index (χ1) is 8.71. The first kappa shape index (κ1) is 15.0. The van der Waals surface area contributed by atoms with Gasteiger partial charge in [-0.2, -0.15) is 0 Å². The molecule has 0 aromatic heterocycles. The first-order valence-electron chi connectivity index (χ1n) is 5.25. The molecule has 0 aliphatic heterocycles. The van der Waals surface area contributed by atoms with E-state index in [-0.39, 0.29) is 11.6 Å². The summed E-state index contributed by atoms with van der Waals surface area (Å²) in [5.41, 5.74) is 0.453. The molecule has 7 nitrogen and oxygen atoms in total. The van der Waals surface area contributed by atoms with E-state index in [0.717, 1.165) is 0 Å². The average Bonchev–Trinajstić information content (AvgIpc) is 2.25. The lowest BCUT2D eigenvalue weighted by Crippen LogP contribution is -2.23. The Labute approximate surface area is 110 Å². The fourth-order valence-corrected chi connectivity index (χ4v) is 2.24. The largest absolute Gasteiger partial charge is 0.480 e. The third-order valence-electron chi connectivity index (χ3n) is 2.10. The molecule has 8 heteroatoms. The summed E-state index contributed by atoms with van der Waals surface area (Å²) < 4.78 is 25.0. The summed E-state index contributed by atoms with van der Waals surface area (Å²) in [5.74, 6) is -2.76. The van der Waals surface area contributed by atoms with Gasteiger partial charge in [-0.15, -0.1) is 0 Å². The Kier molecular flexibility index (Phi) is 4.49. The quantitative estimate of drug-likeness (QED) is 0.805. The van der Waals surface area contributed by atoms with Crippen LogP contribution in [0.15, 0.2) is 24.3 Å². The molecule has 104 valence electrons. The molecule has 0 radical (unpaired) electrons. The number of nitrogens with one attached hydrogen (secondary N) is 1. The van der Waals surface area contributed by atoms with Gasteiger partial charge in [-0.3, -0.25) is 14.3 Å². The van der Waals surface area contributed by atoms with Crippen LogP contribution in [0.2, 0.25) is 0 Å². The molecule has 1 aromatic rings. The number of hydrogen-bond acceptors (Lipinski definition) is 4. The summed E-state index contributed by atoms with van der Waals surface area (Å²) in [6.07, 6.45) is 0. The number of benzene rings is 1. The van der Waals surface area contributed by atoms with Gasteiger partial charge in [0.25, 0.3) is 5.91 Å². The Balaban J connectivity index is 2.95. The van der Waals surface area contributed by atoms with Gasteiger partial charge in [0.2, 0.25) is 10.0 Å². The molecule has 0 heterocycles. The Morgan fingerprint density at radius 1 is 1.32 bits per heavy atom. The number of nitrogens with zero attached hydrogens (tertiary/aromatic N) is 1. The lowest BCUT2D eigenvalue weighted by Gasteiger charge is -2.12. The maximum Gasteiger partial charge on any atom is 0.320 e. The van der Waals surface area contributed by atoms with Crippen molar-refractivity contribution in [1.29, 1.82) is 0 Å². The van der Waals surface area contributed by atoms with Crippen LogP contribution in [-0.2, 0) is 14.8 Å². The van der Waals surface area contributed by atoms with Crippen LogP contribution in [-0.4, -0.2) is 50.1 Å². The van der Waals surface area contributed by atoms with Crippen LogP contribution >= 0.6 is 0 Å². The van der Waals surface area contributed by atoms with Crippen molar-refractivity contribution < 1.29 is 23.1 Å². The maximum atomic E-state index is 11.7. The Hall–Kier alpha value is -2.09. The van der Waals surface area contributed by atoms with Crippen molar-refractivity contribution in [2.75, 3.05) is 24.6 Å². The van der Waals surface area contributed by atoms with Crippen molar-refractivity contribution in [3.05, 3.63) is 29.8 Å². The minimum absolute atomic E-state index is 0.147. The van der Waals surface area contributed by atoms with Crippen molar-refractivity contribution in [2.24, 2.45) is 0 Å². The van der Waals surface area contributed by atoms with Gasteiger partial charge in [0.15, 0.2) is 5.75 Å². The average molecular weight is 286 g/mol. The Morgan fingerprint density at radius 2 is 1.95 bits per heavy atom. The lowest BCUT2D eigenvalue weighted by atomic mass is 10.2. The molecule has 1 rings (SSSR count). The number of carboxylic acid groups (broad SMARTS) is 1. The molecule has 0 atom stereocenters. The van der Waals surface area contributed by atoms with Crippen molar-refractivity contribution >= 4 is 27.6 Å². The van der Waals surface area contributed by atoms with Crippen LogP contribution in [0, 0.1) is 0 Å². The summed E-state index contributed by atoms with van der Waals surface area (Å²) >= 11 is 0. The molecular weight excluding hydrogens is 272 g/mol. The van der Waals surface area contributed by atoms with Crippen LogP contribution in [0.1, 0.15) is 10.4 Å². The van der Waals surface area contributed by atoms with Crippen LogP contribution in [0.4, 0.5) is 5.69 Å². The van der Waals surface area contributed by atoms with Gasteiger partial charge in [-0.25, -0.2) is 8.42 Å². The number of sulfonamides is 1. The highest BCUT2D eigenvalue weighted by Crippen LogP contribution is 2.13. The van der Waals surface area contributed by atoms with E-state index in [2.05, 4.69) is 4.72 Å². The van der Waals surface area contributed by atoms with Gasteiger partial charge < -0.3 is 10.0 Å². The highest BCUT2D eigenvalue weighted by molar-refractivity contribution is 7.93. The van der Waals surface area contributed by atoms with Gasteiger partial charge in [0.1, 0.15) is 0 Å². The summed E-state index contributed by atoms with van der Waals surface area (Å²) in [7, 11) is -0.825. The number of aliphatic carboxylic acids is 1. The van der Waals surface area contributed by atoms with E-state index < -0.39 is 21.7 Å². The monoisotopic (exact) mass is 286 g/mol. The molecule has 0 aliphatic rings. The molecule has 0 spiro atoms. The third kappa shape index (κ3) is 4.59. The fourth-order valence-electron chi connectivity index (χ4n) is 1.35. The number of carbonyl (C=O) groups excluding carboxylic acids is 1. The van der Waals surface area contributed by atoms with Crippen LogP contribution in [0.5, 0.6) is 0 Å². The number of carbonyl (C=O) groups is 2. The zero-order valence-electron chi connectivity index (χ0n) is 10.5. The second-order valence-electron chi connectivity index (χ2n) is 4.04. The van der Waals surface area contributed by atoms with Crippen molar-refractivity contribution in [3.8, 4) is 0 Å². The summed E-state index contributed by atoms with van der Waals surface area (Å²) in [6.45, 7) is 0. The van der Waals surface area contributed by atoms with Gasteiger partial charge in [0.05, 0.1) is 0 Å². The van der Waals surface area contributed by atoms with Crippen molar-refractivity contribution in [2.45, 2.75) is 0 Å². The third-order valence-corrected chi connectivity index (χ3v) is 3.28. The number of anilines is 1. The molecule has 1 amide bonds. The highest BCUT2D eigenvalue weighted by atomic mass is 32.2. The van der Waals surface area contributed by atoms with Gasteiger partial charge in [-0.05, 0) is 18.2 Å². The van der Waals surface area contributed by atoms with Crippen LogP contribution < -0.4 is 4.72 Å². The van der Waals surface area contributed by atoms with Gasteiger partial charge in [-0.1, -0.05) is 6.07 Å². The minimum atomic E-state index is -3.97. The van der Waals surface area contributed by atoms with Crippen molar-refractivity contribution in [1.82, 2.24) is 4.90 Å². The van der Waals surface area contributed by atoms with Crippen LogP contribution in [0.25, 0.3) is 0 Å². The maximum absolute atomic E-state index is 11.7. The second-order valence-corrected chi connectivity index (χ2v) is 5.76. The SMILES string of the molecule is CN(C)C(=O)c1cccc(NS(=O)(=O)CC(=O)O)c1. The molecule has 0 saturated carbocycles. The number of amides is 1. The molecule has 1 aromatic carbocycles. The summed E-state index contributed by atoms with van der Waals surface area (Å²) in [6, 6.07) is 5.83. The van der Waals surface area contributed by atoms with E-state index in [1.807, 2.05) is 0 Å². The molecule has 0 aliphatic carbocycles. The molecule has 19 heavy (non-hydrogen) atoms. The van der Waals surface area contributed by atoms with E-state index in [1.165, 1.54) is 29.2 Å². The van der Waals surface area contributed by atoms with E-state index >= 15 is 0 Å². The van der Waals surface area contributed by atoms with E-state index in [4.69, 9.17) is 5.11 Å². The predicted octanol–water partition coefficient (Wildman–Crippen LogP) is 0.215. The number of rotatable bonds is 5.